The summed E-state index contributed by atoms with van der Waals surface area (Å²) in [5.41, 5.74) is 2.64. The van der Waals surface area contributed by atoms with E-state index in [4.69, 9.17) is 16.3 Å². The highest BCUT2D eigenvalue weighted by atomic mass is 35.5. The van der Waals surface area contributed by atoms with E-state index in [-0.39, 0.29) is 11.3 Å². The van der Waals surface area contributed by atoms with Gasteiger partial charge in [-0.15, -0.1) is 0 Å². The fraction of sp³-hybridized carbons (Fsp3) is 0.136. The van der Waals surface area contributed by atoms with Gasteiger partial charge in [-0.05, 0) is 47.4 Å². The number of halogens is 1. The van der Waals surface area contributed by atoms with Crippen molar-refractivity contribution in [2.45, 2.75) is 17.4 Å². The van der Waals surface area contributed by atoms with Crippen LogP contribution in [0.25, 0.3) is 11.1 Å². The number of hydrogen-bond acceptors (Lipinski definition) is 4. The van der Waals surface area contributed by atoms with Gasteiger partial charge in [0.1, 0.15) is 6.04 Å². The Labute approximate surface area is 175 Å². The van der Waals surface area contributed by atoms with Gasteiger partial charge in [0, 0.05) is 5.02 Å². The fourth-order valence-electron chi connectivity index (χ4n) is 2.88. The van der Waals surface area contributed by atoms with Crippen LogP contribution in [0.5, 0.6) is 0 Å². The monoisotopic (exact) mass is 429 g/mol. The summed E-state index contributed by atoms with van der Waals surface area (Å²) in [5.74, 6) is -0.663. The summed E-state index contributed by atoms with van der Waals surface area (Å²) < 4.78 is 32.9. The number of ether oxygens (including phenoxy) is 1. The molecule has 0 saturated carbocycles. The minimum atomic E-state index is -3.92. The Morgan fingerprint density at radius 2 is 1.52 bits per heavy atom. The van der Waals surface area contributed by atoms with Crippen molar-refractivity contribution in [1.82, 2.24) is 4.72 Å². The number of nitrogens with one attached hydrogen (secondary N) is 1. The molecule has 3 aromatic carbocycles. The third-order valence-corrected chi connectivity index (χ3v) is 6.15. The van der Waals surface area contributed by atoms with Gasteiger partial charge in [-0.2, -0.15) is 4.72 Å². The summed E-state index contributed by atoms with van der Waals surface area (Å²) in [5, 5.41) is 0.558. The van der Waals surface area contributed by atoms with Crippen molar-refractivity contribution in [1.29, 1.82) is 0 Å². The third kappa shape index (κ3) is 5.44. The highest BCUT2D eigenvalue weighted by molar-refractivity contribution is 7.89. The van der Waals surface area contributed by atoms with Crippen molar-refractivity contribution < 1.29 is 17.9 Å². The van der Waals surface area contributed by atoms with E-state index in [1.54, 1.807) is 36.4 Å². The molecule has 29 heavy (non-hydrogen) atoms. The average Bonchev–Trinajstić information content (AvgIpc) is 2.75. The van der Waals surface area contributed by atoms with E-state index in [0.29, 0.717) is 5.02 Å². The molecule has 0 saturated heterocycles. The SMILES string of the molecule is COC(=O)C(Cc1ccc(Cl)cc1)NS(=O)(=O)c1ccc(-c2ccccc2)cc1. The van der Waals surface area contributed by atoms with Crippen LogP contribution in [0.15, 0.2) is 83.8 Å². The number of carbonyl (C=O) groups excluding carboxylic acids is 1. The zero-order chi connectivity index (χ0) is 20.9. The first-order valence-corrected chi connectivity index (χ1v) is 10.8. The van der Waals surface area contributed by atoms with E-state index in [1.165, 1.54) is 19.2 Å². The summed E-state index contributed by atoms with van der Waals surface area (Å²) in [6.45, 7) is 0. The quantitative estimate of drug-likeness (QED) is 0.574. The molecule has 1 atom stereocenters. The van der Waals surface area contributed by atoms with E-state index in [9.17, 15) is 13.2 Å². The molecule has 0 fully saturated rings. The molecule has 0 aromatic heterocycles. The highest BCUT2D eigenvalue weighted by Gasteiger charge is 2.26. The predicted octanol–water partition coefficient (Wildman–Crippen LogP) is 4.07. The van der Waals surface area contributed by atoms with Gasteiger partial charge >= 0.3 is 5.97 Å². The van der Waals surface area contributed by atoms with Crippen LogP contribution in [0.2, 0.25) is 5.02 Å². The third-order valence-electron chi connectivity index (χ3n) is 4.41. The first-order chi connectivity index (χ1) is 13.9. The second-order valence-corrected chi connectivity index (χ2v) is 8.57. The second-order valence-electron chi connectivity index (χ2n) is 6.42. The van der Waals surface area contributed by atoms with Crippen molar-refractivity contribution in [2.24, 2.45) is 0 Å². The maximum absolute atomic E-state index is 12.8. The molecular formula is C22H20ClNO4S. The van der Waals surface area contributed by atoms with Crippen LogP contribution in [0.3, 0.4) is 0 Å². The average molecular weight is 430 g/mol. The summed E-state index contributed by atoms with van der Waals surface area (Å²) in [6.07, 6.45) is 0.144. The Morgan fingerprint density at radius 1 is 0.931 bits per heavy atom. The Hall–Kier alpha value is -2.67. The lowest BCUT2D eigenvalue weighted by molar-refractivity contribution is -0.142. The number of hydrogen-bond donors (Lipinski definition) is 1. The van der Waals surface area contributed by atoms with E-state index in [1.807, 2.05) is 30.3 Å². The minimum Gasteiger partial charge on any atom is -0.468 e. The van der Waals surface area contributed by atoms with Gasteiger partial charge in [0.25, 0.3) is 0 Å². The second kappa shape index (κ2) is 9.22. The van der Waals surface area contributed by atoms with Gasteiger partial charge in [0.2, 0.25) is 10.0 Å². The lowest BCUT2D eigenvalue weighted by Crippen LogP contribution is -2.42. The van der Waals surface area contributed by atoms with Crippen molar-refractivity contribution in [2.75, 3.05) is 7.11 Å². The zero-order valence-corrected chi connectivity index (χ0v) is 17.3. The smallest absolute Gasteiger partial charge is 0.324 e. The van der Waals surface area contributed by atoms with Gasteiger partial charge < -0.3 is 4.74 Å². The molecule has 0 aliphatic rings. The number of benzene rings is 3. The Kier molecular flexibility index (Phi) is 6.69. The molecule has 1 N–H and O–H groups in total. The first-order valence-electron chi connectivity index (χ1n) is 8.89. The molecule has 0 aliphatic carbocycles. The number of esters is 1. The molecule has 7 heteroatoms. The maximum Gasteiger partial charge on any atom is 0.324 e. The van der Waals surface area contributed by atoms with Crippen molar-refractivity contribution in [3.63, 3.8) is 0 Å². The van der Waals surface area contributed by atoms with Crippen molar-refractivity contribution >= 4 is 27.6 Å². The summed E-state index contributed by atoms with van der Waals surface area (Å²) in [4.78, 5) is 12.2. The summed E-state index contributed by atoms with van der Waals surface area (Å²) in [7, 11) is -2.70. The van der Waals surface area contributed by atoms with Gasteiger partial charge in [0.15, 0.2) is 0 Å². The van der Waals surface area contributed by atoms with Gasteiger partial charge in [-0.1, -0.05) is 66.2 Å². The Bertz CT molecular complexity index is 1070. The molecular weight excluding hydrogens is 410 g/mol. The molecule has 150 valence electrons. The van der Waals surface area contributed by atoms with Crippen LogP contribution in [-0.4, -0.2) is 27.5 Å². The van der Waals surface area contributed by atoms with Crippen LogP contribution < -0.4 is 4.72 Å². The van der Waals surface area contributed by atoms with E-state index in [0.717, 1.165) is 16.7 Å². The molecule has 3 rings (SSSR count). The fourth-order valence-corrected chi connectivity index (χ4v) is 4.19. The molecule has 0 heterocycles. The van der Waals surface area contributed by atoms with Crippen LogP contribution in [-0.2, 0) is 26.0 Å². The Balaban J connectivity index is 1.80. The molecule has 0 radical (unpaired) electrons. The molecule has 0 spiro atoms. The van der Waals surface area contributed by atoms with E-state index >= 15 is 0 Å². The largest absolute Gasteiger partial charge is 0.468 e. The van der Waals surface area contributed by atoms with E-state index in [2.05, 4.69) is 4.72 Å². The molecule has 0 bridgehead atoms. The normalized spacial score (nSPS) is 12.3. The van der Waals surface area contributed by atoms with Crippen LogP contribution in [0.4, 0.5) is 0 Å². The minimum absolute atomic E-state index is 0.0715. The van der Waals surface area contributed by atoms with Crippen LogP contribution in [0.1, 0.15) is 5.56 Å². The molecule has 0 amide bonds. The number of rotatable bonds is 7. The van der Waals surface area contributed by atoms with E-state index < -0.39 is 22.0 Å². The lowest BCUT2D eigenvalue weighted by Gasteiger charge is -2.17. The van der Waals surface area contributed by atoms with Crippen LogP contribution >= 0.6 is 11.6 Å². The molecule has 3 aromatic rings. The first kappa shape index (κ1) is 21.0. The summed E-state index contributed by atoms with van der Waals surface area (Å²) >= 11 is 5.88. The standard InChI is InChI=1S/C22H20ClNO4S/c1-28-22(25)21(15-16-7-11-19(23)12-8-16)24-29(26,27)20-13-9-18(10-14-20)17-5-3-2-4-6-17/h2-14,21,24H,15H2,1H3. The number of methoxy groups -OCH3 is 1. The number of carbonyl (C=O) groups is 1. The van der Waals surface area contributed by atoms with Crippen LogP contribution in [0, 0.1) is 0 Å². The predicted molar refractivity (Wildman–Crippen MR) is 113 cm³/mol. The molecule has 5 nitrogen and oxygen atoms in total. The number of sulfonamides is 1. The van der Waals surface area contributed by atoms with Gasteiger partial charge in [0.05, 0.1) is 12.0 Å². The highest BCUT2D eigenvalue weighted by Crippen LogP contribution is 2.21. The Morgan fingerprint density at radius 3 is 2.10 bits per heavy atom. The van der Waals surface area contributed by atoms with Gasteiger partial charge in [-0.25, -0.2) is 8.42 Å². The van der Waals surface area contributed by atoms with Gasteiger partial charge in [-0.3, -0.25) is 4.79 Å². The van der Waals surface area contributed by atoms with Crippen molar-refractivity contribution in [3.8, 4) is 11.1 Å². The lowest BCUT2D eigenvalue weighted by atomic mass is 10.1. The summed E-state index contributed by atoms with van der Waals surface area (Å²) in [6, 6.07) is 21.9. The zero-order valence-electron chi connectivity index (χ0n) is 15.7. The topological polar surface area (TPSA) is 72.5 Å². The maximum atomic E-state index is 12.8. The van der Waals surface area contributed by atoms with Crippen molar-refractivity contribution in [3.05, 3.63) is 89.4 Å². The molecule has 0 aliphatic heterocycles. The molecule has 1 unspecified atom stereocenters.